The summed E-state index contributed by atoms with van der Waals surface area (Å²) in [6.45, 7) is 3.48. The number of nitrogens with two attached hydrogens (primary N) is 1. The van der Waals surface area contributed by atoms with E-state index < -0.39 is 34.2 Å². The number of benzene rings is 1. The normalized spacial score (nSPS) is 17.2. The number of carbonyl (C=O) groups is 2. The quantitative estimate of drug-likeness (QED) is 0.174. The average Bonchev–Trinajstić information content (AvgIpc) is 3.64. The molecule has 2 heterocycles. The van der Waals surface area contributed by atoms with Crippen molar-refractivity contribution in [1.82, 2.24) is 30.7 Å². The zero-order valence-electron chi connectivity index (χ0n) is 23.6. The van der Waals surface area contributed by atoms with Crippen molar-refractivity contribution in [2.75, 3.05) is 11.1 Å². The Kier molecular flexibility index (Phi) is 8.28. The van der Waals surface area contributed by atoms with Crippen molar-refractivity contribution in [2.45, 2.75) is 45.2 Å². The maximum Gasteiger partial charge on any atom is 0.438 e. The van der Waals surface area contributed by atoms with Gasteiger partial charge in [-0.15, -0.1) is 0 Å². The van der Waals surface area contributed by atoms with Crippen molar-refractivity contribution in [2.24, 2.45) is 0 Å². The van der Waals surface area contributed by atoms with Gasteiger partial charge in [-0.05, 0) is 37.0 Å². The van der Waals surface area contributed by atoms with Crippen LogP contribution >= 0.6 is 0 Å². The van der Waals surface area contributed by atoms with Crippen LogP contribution in [0.4, 0.5) is 21.5 Å². The number of nitrogens with one attached hydrogen (secondary N) is 4. The van der Waals surface area contributed by atoms with Gasteiger partial charge in [0.05, 0.1) is 11.7 Å². The number of aromatic amines is 1. The molecule has 1 aliphatic carbocycles. The van der Waals surface area contributed by atoms with Gasteiger partial charge in [0.25, 0.3) is 22.7 Å². The number of allylic oxidation sites excluding steroid dienone is 2. The van der Waals surface area contributed by atoms with Crippen LogP contribution in [0, 0.1) is 5.82 Å². The number of hydrogen-bond donors (Lipinski definition) is 5. The monoisotopic (exact) mass is 602 g/mol. The summed E-state index contributed by atoms with van der Waals surface area (Å²) in [5.74, 6) is -2.39. The Balaban J connectivity index is 1.22. The minimum absolute atomic E-state index is 0.0328. The lowest BCUT2D eigenvalue weighted by molar-refractivity contribution is 0.0938. The van der Waals surface area contributed by atoms with E-state index in [2.05, 4.69) is 40.6 Å². The molecule has 14 nitrogen and oxygen atoms in total. The fourth-order valence-corrected chi connectivity index (χ4v) is 4.94. The second kappa shape index (κ2) is 12.2. The van der Waals surface area contributed by atoms with Crippen LogP contribution in [0.2, 0.25) is 0 Å². The molecule has 0 spiro atoms. The fourth-order valence-electron chi connectivity index (χ4n) is 4.94. The zero-order chi connectivity index (χ0) is 31.5. The molecule has 44 heavy (non-hydrogen) atoms. The average molecular weight is 603 g/mol. The van der Waals surface area contributed by atoms with Crippen LogP contribution in [0.1, 0.15) is 65.0 Å². The van der Waals surface area contributed by atoms with Crippen molar-refractivity contribution < 1.29 is 18.5 Å². The highest BCUT2D eigenvalue weighted by Gasteiger charge is 2.28. The Hall–Kier alpha value is -5.73. The van der Waals surface area contributed by atoms with Crippen LogP contribution in [-0.4, -0.2) is 38.0 Å². The molecule has 1 aliphatic rings. The van der Waals surface area contributed by atoms with Gasteiger partial charge < -0.3 is 21.7 Å². The van der Waals surface area contributed by atoms with E-state index in [1.54, 1.807) is 0 Å². The topological polar surface area (TPSA) is 215 Å². The van der Waals surface area contributed by atoms with Crippen LogP contribution in [0.25, 0.3) is 0 Å². The van der Waals surface area contributed by atoms with Gasteiger partial charge in [-0.3, -0.25) is 28.7 Å². The molecule has 6 N–H and O–H groups in total. The molecule has 2 aromatic heterocycles. The largest absolute Gasteiger partial charge is 0.438 e. The summed E-state index contributed by atoms with van der Waals surface area (Å²) in [6.07, 6.45) is 6.26. The number of anilines is 3. The Bertz CT molecular complexity index is 1950. The van der Waals surface area contributed by atoms with E-state index in [1.807, 2.05) is 26.0 Å². The number of amides is 2. The van der Waals surface area contributed by atoms with Crippen molar-refractivity contribution in [3.63, 3.8) is 0 Å². The number of nitrogen functional groups attached to an aromatic ring is 1. The van der Waals surface area contributed by atoms with Crippen LogP contribution in [-0.2, 0) is 6.54 Å². The zero-order valence-corrected chi connectivity index (χ0v) is 23.6. The lowest BCUT2D eigenvalue weighted by Crippen LogP contribution is -2.36. The highest BCUT2D eigenvalue weighted by molar-refractivity contribution is 5.97. The summed E-state index contributed by atoms with van der Waals surface area (Å²) in [4.78, 5) is 70.7. The molecule has 226 valence electrons. The molecule has 2 atom stereocenters. The summed E-state index contributed by atoms with van der Waals surface area (Å²) in [5.41, 5.74) is 5.11. The maximum absolute atomic E-state index is 15.0. The third-order valence-corrected chi connectivity index (χ3v) is 7.26. The van der Waals surface area contributed by atoms with Crippen LogP contribution in [0.5, 0.6) is 0 Å². The number of H-pyrrole nitrogens is 1. The Morgan fingerprint density at radius 1 is 1.18 bits per heavy atom. The summed E-state index contributed by atoms with van der Waals surface area (Å²) in [6, 6.07) is 5.21. The van der Waals surface area contributed by atoms with E-state index in [0.717, 1.165) is 17.5 Å². The number of nitrogens with zero attached hydrogens (tertiary/aromatic N) is 3. The molecule has 2 aromatic carbocycles. The Labute approximate surface area is 248 Å². The molecule has 4 aromatic rings. The van der Waals surface area contributed by atoms with Crippen molar-refractivity contribution in [3.8, 4) is 0 Å². The molecule has 1 unspecified atom stereocenters. The summed E-state index contributed by atoms with van der Waals surface area (Å²) < 4.78 is 19.6. The number of rotatable bonds is 9. The first-order valence-electron chi connectivity index (χ1n) is 13.5. The lowest BCUT2D eigenvalue weighted by atomic mass is 10.0. The van der Waals surface area contributed by atoms with Gasteiger partial charge >= 0.3 is 5.76 Å². The first-order valence-corrected chi connectivity index (χ1v) is 13.5. The van der Waals surface area contributed by atoms with Gasteiger partial charge in [-0.25, -0.2) is 19.2 Å². The van der Waals surface area contributed by atoms with Crippen LogP contribution in [0.3, 0.4) is 0 Å². The van der Waals surface area contributed by atoms with Gasteiger partial charge in [0.1, 0.15) is 29.1 Å². The molecule has 15 heteroatoms. The Morgan fingerprint density at radius 3 is 2.61 bits per heavy atom. The molecule has 1 fully saturated rings. The van der Waals surface area contributed by atoms with E-state index in [-0.39, 0.29) is 52.5 Å². The maximum atomic E-state index is 15.0. The van der Waals surface area contributed by atoms with Gasteiger partial charge in [0, 0.05) is 24.1 Å². The molecular weight excluding hydrogens is 575 g/mol. The van der Waals surface area contributed by atoms with Gasteiger partial charge in [-0.2, -0.15) is 0 Å². The van der Waals surface area contributed by atoms with E-state index in [9.17, 15) is 24.0 Å². The van der Waals surface area contributed by atoms with Crippen molar-refractivity contribution in [1.29, 1.82) is 0 Å². The molecule has 5 rings (SSSR count). The fraction of sp³-hybridized carbons (Fsp3) is 0.241. The van der Waals surface area contributed by atoms with E-state index in [0.29, 0.717) is 18.7 Å². The summed E-state index contributed by atoms with van der Waals surface area (Å²) in [7, 11) is 0. The standard InChI is InChI=1S/C29H27FN8O6/c1-3-16-14(9-13(2)26-37-29(43)44-38-26)7-8-17(16)36-28(42)20-10-19(33-12-34-20)27(41)32-11-15-5-4-6-18(21(15)30)35-23-22(31)24(39)25(23)40/h3-6,9-10,12-13,17,35H,7-8,11,31H2,1-2H3,(H,32,41)(H,36,42)(H,37,38,43)/b14-9-,16-3+/t13?,17-/m0/s1. The highest BCUT2D eigenvalue weighted by Crippen LogP contribution is 2.33. The van der Waals surface area contributed by atoms with Crippen LogP contribution < -0.4 is 38.3 Å². The molecule has 0 saturated heterocycles. The van der Waals surface area contributed by atoms with E-state index in [1.165, 1.54) is 24.3 Å². The molecule has 0 bridgehead atoms. The van der Waals surface area contributed by atoms with Gasteiger partial charge in [0.2, 0.25) is 0 Å². The van der Waals surface area contributed by atoms with Gasteiger partial charge in [0.15, 0.2) is 11.6 Å². The molecule has 1 saturated carbocycles. The smallest absolute Gasteiger partial charge is 0.394 e. The molecule has 2 amide bonds. The molecule has 0 radical (unpaired) electrons. The SMILES string of the molecule is C/C=C1\C(=C/C(C)c2noc(=O)[nH]2)CC[C@@H]1NC(=O)c1cc(C(=O)NCc2cccc(Nc3c(N)c(=O)c3=O)c2F)ncn1. The minimum Gasteiger partial charge on any atom is -0.394 e. The van der Waals surface area contributed by atoms with Crippen LogP contribution in [0.15, 0.2) is 72.8 Å². The number of carbonyl (C=O) groups excluding carboxylic acids is 2. The van der Waals surface area contributed by atoms with E-state index in [4.69, 9.17) is 5.73 Å². The number of hydrogen-bond acceptors (Lipinski definition) is 11. The second-order valence-corrected chi connectivity index (χ2v) is 10.1. The third kappa shape index (κ3) is 5.92. The lowest BCUT2D eigenvalue weighted by Gasteiger charge is -2.15. The second-order valence-electron chi connectivity index (χ2n) is 10.1. The van der Waals surface area contributed by atoms with E-state index >= 15 is 4.39 Å². The van der Waals surface area contributed by atoms with Gasteiger partial charge in [-0.1, -0.05) is 36.4 Å². The Morgan fingerprint density at radius 2 is 1.93 bits per heavy atom. The predicted molar refractivity (Wildman–Crippen MR) is 157 cm³/mol. The first-order chi connectivity index (χ1) is 21.1. The number of aromatic nitrogens is 4. The highest BCUT2D eigenvalue weighted by atomic mass is 19.1. The number of halogens is 1. The first kappa shape index (κ1) is 29.8. The summed E-state index contributed by atoms with van der Waals surface area (Å²) in [5, 5.41) is 11.7. The summed E-state index contributed by atoms with van der Waals surface area (Å²) >= 11 is 0. The molecule has 0 aliphatic heterocycles. The van der Waals surface area contributed by atoms with Crippen molar-refractivity contribution in [3.05, 3.63) is 113 Å². The predicted octanol–water partition coefficient (Wildman–Crippen LogP) is 1.71. The third-order valence-electron chi connectivity index (χ3n) is 7.26. The van der Waals surface area contributed by atoms with Crippen molar-refractivity contribution >= 4 is 28.9 Å². The minimum atomic E-state index is -0.841. The molecular formula is C29H27FN8O6.